The van der Waals surface area contributed by atoms with Crippen molar-refractivity contribution in [3.05, 3.63) is 140 Å². The molecule has 0 aliphatic heterocycles. The molecule has 0 spiro atoms. The summed E-state index contributed by atoms with van der Waals surface area (Å²) in [6.07, 6.45) is 7.84. The molecule has 3 heteroatoms. The first-order chi connectivity index (χ1) is 19.2. The van der Waals surface area contributed by atoms with Crippen LogP contribution in [0, 0.1) is 0 Å². The maximum Gasteiger partial charge on any atom is 0.138 e. The number of nitrogens with zero attached hydrogens (tertiary/aromatic N) is 2. The topological polar surface area (TPSA) is 17.8 Å². The lowest BCUT2D eigenvalue weighted by Gasteiger charge is -2.13. The molecular formula is C36H26N2S. The Hall–Kier alpha value is -4.73. The van der Waals surface area contributed by atoms with Gasteiger partial charge in [0.25, 0.3) is 0 Å². The Kier molecular flexibility index (Phi) is 5.72. The molecule has 0 bridgehead atoms. The molecule has 0 fully saturated rings. The van der Waals surface area contributed by atoms with E-state index in [0.29, 0.717) is 0 Å². The fourth-order valence-corrected chi connectivity index (χ4v) is 6.70. The van der Waals surface area contributed by atoms with Gasteiger partial charge in [-0.3, -0.25) is 4.57 Å². The Morgan fingerprint density at radius 3 is 2.33 bits per heavy atom. The number of fused-ring (bicyclic) bond motifs is 7. The van der Waals surface area contributed by atoms with Crippen LogP contribution in [-0.2, 0) is 0 Å². The van der Waals surface area contributed by atoms with Crippen LogP contribution >= 0.6 is 11.3 Å². The van der Waals surface area contributed by atoms with Crippen molar-refractivity contribution in [2.24, 2.45) is 0 Å². The fourth-order valence-electron chi connectivity index (χ4n) is 5.46. The first-order valence-electron chi connectivity index (χ1n) is 13.1. The molecule has 0 unspecified atom stereocenters. The Bertz CT molecular complexity index is 2090. The summed E-state index contributed by atoms with van der Waals surface area (Å²) in [6.45, 7) is 5.91. The van der Waals surface area contributed by atoms with E-state index in [-0.39, 0.29) is 0 Å². The SMILES string of the molecule is C=C/C=C\C=C(/C)c1cc(-c2ccccc2)cc(-n2c3ccccc3c3ccc4c5ccccc5sc4c32)n1. The van der Waals surface area contributed by atoms with Crippen LogP contribution in [0.5, 0.6) is 0 Å². The smallest absolute Gasteiger partial charge is 0.138 e. The normalized spacial score (nSPS) is 12.4. The van der Waals surface area contributed by atoms with Gasteiger partial charge in [-0.05, 0) is 47.9 Å². The molecule has 7 aromatic rings. The quantitative estimate of drug-likeness (QED) is 0.207. The number of para-hydroxylation sites is 1. The second-order valence-corrected chi connectivity index (χ2v) is 10.8. The van der Waals surface area contributed by atoms with Crippen LogP contribution < -0.4 is 0 Å². The first-order valence-corrected chi connectivity index (χ1v) is 13.9. The molecule has 3 aromatic heterocycles. The van der Waals surface area contributed by atoms with E-state index >= 15 is 0 Å². The molecule has 0 aliphatic rings. The number of thiophene rings is 1. The van der Waals surface area contributed by atoms with Crippen LogP contribution in [0.25, 0.3) is 64.5 Å². The standard InChI is InChI=1S/C36H26N2S/c1-3-4-6-13-24(2)31-22-26(25-14-7-5-8-15-25)23-34(37-31)38-32-18-11-9-16-27(32)29-20-21-30-28-17-10-12-19-33(28)39-36(30)35(29)38/h3-23H,1H2,2H3/b6-4-,24-13+. The van der Waals surface area contributed by atoms with Gasteiger partial charge in [0.15, 0.2) is 0 Å². The molecule has 0 radical (unpaired) electrons. The Morgan fingerprint density at radius 1 is 0.744 bits per heavy atom. The third-order valence-electron chi connectivity index (χ3n) is 7.32. The molecule has 0 amide bonds. The highest BCUT2D eigenvalue weighted by Gasteiger charge is 2.19. The van der Waals surface area contributed by atoms with Crippen molar-refractivity contribution < 1.29 is 0 Å². The molecule has 3 heterocycles. The van der Waals surface area contributed by atoms with E-state index in [1.165, 1.54) is 42.0 Å². The summed E-state index contributed by atoms with van der Waals surface area (Å²) in [5.74, 6) is 0.919. The number of aromatic nitrogens is 2. The second-order valence-electron chi connectivity index (χ2n) is 9.72. The molecule has 0 saturated carbocycles. The summed E-state index contributed by atoms with van der Waals surface area (Å²) in [4.78, 5) is 5.28. The number of hydrogen-bond donors (Lipinski definition) is 0. The van der Waals surface area contributed by atoms with Crippen molar-refractivity contribution in [3.63, 3.8) is 0 Å². The van der Waals surface area contributed by atoms with E-state index < -0.39 is 0 Å². The minimum atomic E-state index is 0.919. The van der Waals surface area contributed by atoms with Crippen molar-refractivity contribution >= 4 is 58.9 Å². The van der Waals surface area contributed by atoms with Crippen LogP contribution in [0.4, 0.5) is 0 Å². The van der Waals surface area contributed by atoms with Gasteiger partial charge in [0.05, 0.1) is 21.4 Å². The van der Waals surface area contributed by atoms with E-state index in [1.807, 2.05) is 23.5 Å². The van der Waals surface area contributed by atoms with Gasteiger partial charge < -0.3 is 0 Å². The fraction of sp³-hybridized carbons (Fsp3) is 0.0278. The van der Waals surface area contributed by atoms with Gasteiger partial charge in [0.1, 0.15) is 5.82 Å². The summed E-state index contributed by atoms with van der Waals surface area (Å²) in [7, 11) is 0. The molecule has 186 valence electrons. The van der Waals surface area contributed by atoms with Crippen LogP contribution in [0.2, 0.25) is 0 Å². The molecule has 4 aromatic carbocycles. The van der Waals surface area contributed by atoms with E-state index in [4.69, 9.17) is 4.98 Å². The summed E-state index contributed by atoms with van der Waals surface area (Å²) in [5.41, 5.74) is 6.74. The highest BCUT2D eigenvalue weighted by atomic mass is 32.1. The van der Waals surface area contributed by atoms with Crippen LogP contribution in [0.1, 0.15) is 12.6 Å². The predicted octanol–water partition coefficient (Wildman–Crippen LogP) is 10.4. The van der Waals surface area contributed by atoms with E-state index in [2.05, 4.69) is 127 Å². The lowest BCUT2D eigenvalue weighted by atomic mass is 10.0. The maximum absolute atomic E-state index is 5.28. The Labute approximate surface area is 231 Å². The first kappa shape index (κ1) is 23.4. The minimum Gasteiger partial charge on any atom is -0.292 e. The summed E-state index contributed by atoms with van der Waals surface area (Å²) >= 11 is 1.86. The van der Waals surface area contributed by atoms with E-state index in [1.54, 1.807) is 6.08 Å². The molecule has 2 nitrogen and oxygen atoms in total. The molecule has 39 heavy (non-hydrogen) atoms. The van der Waals surface area contributed by atoms with E-state index in [0.717, 1.165) is 28.2 Å². The number of benzene rings is 4. The molecule has 7 rings (SSSR count). The summed E-state index contributed by atoms with van der Waals surface area (Å²) in [6, 6.07) is 36.9. The number of pyridine rings is 1. The van der Waals surface area contributed by atoms with E-state index in [9.17, 15) is 0 Å². The number of hydrogen-bond acceptors (Lipinski definition) is 2. The highest BCUT2D eigenvalue weighted by molar-refractivity contribution is 7.26. The van der Waals surface area contributed by atoms with Crippen LogP contribution in [0.15, 0.2) is 134 Å². The Balaban J connectivity index is 1.60. The average Bonchev–Trinajstić information content (AvgIpc) is 3.53. The molecule has 0 atom stereocenters. The number of rotatable bonds is 5. The van der Waals surface area contributed by atoms with Crippen molar-refractivity contribution in [3.8, 4) is 16.9 Å². The molecule has 0 N–H and O–H groups in total. The van der Waals surface area contributed by atoms with Crippen molar-refractivity contribution in [2.45, 2.75) is 6.92 Å². The zero-order chi connectivity index (χ0) is 26.3. The minimum absolute atomic E-state index is 0.919. The summed E-state index contributed by atoms with van der Waals surface area (Å²) < 4.78 is 4.96. The van der Waals surface area contributed by atoms with Gasteiger partial charge in [0.2, 0.25) is 0 Å². The highest BCUT2D eigenvalue weighted by Crippen LogP contribution is 2.43. The predicted molar refractivity (Wildman–Crippen MR) is 170 cm³/mol. The molecular weight excluding hydrogens is 492 g/mol. The lowest BCUT2D eigenvalue weighted by molar-refractivity contribution is 1.07. The second kappa shape index (κ2) is 9.54. The monoisotopic (exact) mass is 518 g/mol. The lowest BCUT2D eigenvalue weighted by Crippen LogP contribution is -2.01. The van der Waals surface area contributed by atoms with Gasteiger partial charge in [-0.2, -0.15) is 0 Å². The van der Waals surface area contributed by atoms with Crippen LogP contribution in [0.3, 0.4) is 0 Å². The third-order valence-corrected chi connectivity index (χ3v) is 8.52. The summed E-state index contributed by atoms with van der Waals surface area (Å²) in [5, 5.41) is 5.08. The van der Waals surface area contributed by atoms with Gasteiger partial charge in [0, 0.05) is 26.2 Å². The van der Waals surface area contributed by atoms with Gasteiger partial charge in [-0.15, -0.1) is 11.3 Å². The average molecular weight is 519 g/mol. The van der Waals surface area contributed by atoms with Crippen molar-refractivity contribution in [1.82, 2.24) is 9.55 Å². The van der Waals surface area contributed by atoms with Gasteiger partial charge >= 0.3 is 0 Å². The molecule has 0 aliphatic carbocycles. The Morgan fingerprint density at radius 2 is 1.49 bits per heavy atom. The van der Waals surface area contributed by atoms with Crippen molar-refractivity contribution in [2.75, 3.05) is 0 Å². The zero-order valence-corrected chi connectivity index (χ0v) is 22.5. The number of allylic oxidation sites excluding steroid dienone is 5. The largest absolute Gasteiger partial charge is 0.292 e. The maximum atomic E-state index is 5.28. The van der Waals surface area contributed by atoms with Crippen LogP contribution in [-0.4, -0.2) is 9.55 Å². The third kappa shape index (κ3) is 3.91. The zero-order valence-electron chi connectivity index (χ0n) is 21.6. The molecule has 0 saturated heterocycles. The van der Waals surface area contributed by atoms with Crippen molar-refractivity contribution in [1.29, 1.82) is 0 Å². The van der Waals surface area contributed by atoms with Gasteiger partial charge in [-0.25, -0.2) is 4.98 Å². The van der Waals surface area contributed by atoms with Gasteiger partial charge in [-0.1, -0.05) is 110 Å².